The summed E-state index contributed by atoms with van der Waals surface area (Å²) in [5, 5.41) is 27.6. The molecule has 0 bridgehead atoms. The molecule has 0 aliphatic carbocycles. The topological polar surface area (TPSA) is 115 Å². The van der Waals surface area contributed by atoms with Crippen LogP contribution in [0.25, 0.3) is 0 Å². The van der Waals surface area contributed by atoms with E-state index in [0.717, 1.165) is 17.3 Å². The van der Waals surface area contributed by atoms with Gasteiger partial charge in [0.05, 0.1) is 0 Å². The molecule has 0 amide bonds. The minimum absolute atomic E-state index is 0.0880. The monoisotopic (exact) mass is 314 g/mol. The number of rotatable bonds is 5. The number of hydrogen-bond donors (Lipinski definition) is 1. The highest BCUT2D eigenvalue weighted by Crippen LogP contribution is 2.36. The molecule has 8 nitrogen and oxygen atoms in total. The fourth-order valence-electron chi connectivity index (χ4n) is 1.43. The van der Waals surface area contributed by atoms with Crippen LogP contribution in [-0.2, 0) is 5.75 Å². The van der Waals surface area contributed by atoms with Crippen molar-refractivity contribution < 1.29 is 9.85 Å². The number of nitro groups is 2. The van der Waals surface area contributed by atoms with E-state index in [0.29, 0.717) is 10.8 Å². The van der Waals surface area contributed by atoms with Gasteiger partial charge in [0.15, 0.2) is 0 Å². The minimum atomic E-state index is -0.756. The average Bonchev–Trinajstić information content (AvgIpc) is 2.82. The van der Waals surface area contributed by atoms with Crippen LogP contribution < -0.4 is 0 Å². The standard InChI is InChI=1S/C10H7ClN4O4S/c11-7-3-1-6(2-4-7)5-20-8-9(14(16)17)12-13-10(8)15(18)19/h1-4H,5H2,(H,12,13). The maximum Gasteiger partial charge on any atom is 0.433 e. The second kappa shape index (κ2) is 5.88. The van der Waals surface area contributed by atoms with Gasteiger partial charge in [-0.1, -0.05) is 23.7 Å². The summed E-state index contributed by atoms with van der Waals surface area (Å²) in [4.78, 5) is 20.0. The number of hydrogen-bond acceptors (Lipinski definition) is 6. The van der Waals surface area contributed by atoms with Crippen molar-refractivity contribution in [2.24, 2.45) is 0 Å². The summed E-state index contributed by atoms with van der Waals surface area (Å²) in [5.41, 5.74) is 0.837. The van der Waals surface area contributed by atoms with Gasteiger partial charge in [-0.15, -0.1) is 11.8 Å². The molecule has 0 spiro atoms. The van der Waals surface area contributed by atoms with Crippen molar-refractivity contribution in [2.75, 3.05) is 0 Å². The molecule has 0 radical (unpaired) electrons. The number of nitrogens with one attached hydrogen (secondary N) is 1. The molecule has 20 heavy (non-hydrogen) atoms. The molecule has 0 aliphatic heterocycles. The van der Waals surface area contributed by atoms with E-state index in [1.165, 1.54) is 0 Å². The summed E-state index contributed by atoms with van der Waals surface area (Å²) in [5.74, 6) is -0.690. The Labute approximate surface area is 121 Å². The molecule has 0 atom stereocenters. The molecule has 0 saturated heterocycles. The van der Waals surface area contributed by atoms with Crippen LogP contribution in [-0.4, -0.2) is 20.0 Å². The maximum atomic E-state index is 10.8. The Morgan fingerprint density at radius 3 is 2.40 bits per heavy atom. The lowest BCUT2D eigenvalue weighted by Crippen LogP contribution is -1.92. The molecule has 1 aromatic heterocycles. The largest absolute Gasteiger partial charge is 0.433 e. The van der Waals surface area contributed by atoms with E-state index in [2.05, 4.69) is 10.2 Å². The van der Waals surface area contributed by atoms with Gasteiger partial charge >= 0.3 is 11.6 Å². The number of H-pyrrole nitrogens is 1. The molecule has 0 aliphatic rings. The van der Waals surface area contributed by atoms with Crippen LogP contribution in [0.4, 0.5) is 11.6 Å². The van der Waals surface area contributed by atoms with Gasteiger partial charge in [0.25, 0.3) is 0 Å². The molecule has 2 aromatic rings. The SMILES string of the molecule is O=[N+]([O-])c1n[nH]c([N+](=O)[O-])c1SCc1ccc(Cl)cc1. The molecule has 1 heterocycles. The van der Waals surface area contributed by atoms with Crippen molar-refractivity contribution in [1.29, 1.82) is 0 Å². The minimum Gasteiger partial charge on any atom is -0.358 e. The van der Waals surface area contributed by atoms with E-state index >= 15 is 0 Å². The summed E-state index contributed by atoms with van der Waals surface area (Å²) >= 11 is 6.72. The zero-order chi connectivity index (χ0) is 14.7. The molecular formula is C10H7ClN4O4S. The number of thioether (sulfide) groups is 1. The first-order chi connectivity index (χ1) is 9.49. The van der Waals surface area contributed by atoms with Crippen LogP contribution in [0.3, 0.4) is 0 Å². The molecule has 1 aromatic carbocycles. The van der Waals surface area contributed by atoms with E-state index < -0.39 is 21.5 Å². The van der Waals surface area contributed by atoms with Gasteiger partial charge in [-0.25, -0.2) is 0 Å². The van der Waals surface area contributed by atoms with Gasteiger partial charge < -0.3 is 20.2 Å². The predicted molar refractivity (Wildman–Crippen MR) is 72.9 cm³/mol. The summed E-state index contributed by atoms with van der Waals surface area (Å²) in [6, 6.07) is 6.84. The number of benzene rings is 1. The number of aromatic nitrogens is 2. The lowest BCUT2D eigenvalue weighted by atomic mass is 10.2. The van der Waals surface area contributed by atoms with E-state index in [-0.39, 0.29) is 4.90 Å². The van der Waals surface area contributed by atoms with Crippen molar-refractivity contribution in [2.45, 2.75) is 10.6 Å². The lowest BCUT2D eigenvalue weighted by molar-refractivity contribution is -0.399. The fourth-order valence-corrected chi connectivity index (χ4v) is 2.57. The van der Waals surface area contributed by atoms with Gasteiger partial charge in [0, 0.05) is 10.8 Å². The van der Waals surface area contributed by atoms with E-state index in [9.17, 15) is 20.2 Å². The van der Waals surface area contributed by atoms with Crippen molar-refractivity contribution in [1.82, 2.24) is 10.2 Å². The Bertz CT molecular complexity index is 626. The fraction of sp³-hybridized carbons (Fsp3) is 0.100. The van der Waals surface area contributed by atoms with Crippen LogP contribution in [0.1, 0.15) is 5.56 Å². The molecule has 2 rings (SSSR count). The molecule has 0 saturated carbocycles. The van der Waals surface area contributed by atoms with Crippen molar-refractivity contribution >= 4 is 35.0 Å². The van der Waals surface area contributed by atoms with Gasteiger partial charge in [0.1, 0.15) is 5.10 Å². The summed E-state index contributed by atoms with van der Waals surface area (Å²) in [6.45, 7) is 0. The van der Waals surface area contributed by atoms with Gasteiger partial charge in [-0.3, -0.25) is 0 Å². The third kappa shape index (κ3) is 3.06. The number of aromatic amines is 1. The molecule has 104 valence electrons. The molecule has 0 unspecified atom stereocenters. The highest BCUT2D eigenvalue weighted by atomic mass is 35.5. The lowest BCUT2D eigenvalue weighted by Gasteiger charge is -2.00. The van der Waals surface area contributed by atoms with Crippen molar-refractivity contribution in [3.63, 3.8) is 0 Å². The third-order valence-electron chi connectivity index (χ3n) is 2.34. The number of nitrogens with zero attached hydrogens (tertiary/aromatic N) is 3. The first kappa shape index (κ1) is 14.3. The molecular weight excluding hydrogens is 308 g/mol. The van der Waals surface area contributed by atoms with Gasteiger partial charge in [-0.05, 0) is 32.6 Å². The van der Waals surface area contributed by atoms with Gasteiger partial charge in [-0.2, -0.15) is 0 Å². The zero-order valence-electron chi connectivity index (χ0n) is 9.78. The Kier molecular flexibility index (Phi) is 4.20. The van der Waals surface area contributed by atoms with Gasteiger partial charge in [0.2, 0.25) is 4.90 Å². The first-order valence-electron chi connectivity index (χ1n) is 5.23. The maximum absolute atomic E-state index is 10.8. The predicted octanol–water partition coefficient (Wildman–Crippen LogP) is 3.17. The van der Waals surface area contributed by atoms with Crippen LogP contribution in [0.5, 0.6) is 0 Å². The van der Waals surface area contributed by atoms with Crippen LogP contribution in [0.2, 0.25) is 5.02 Å². The smallest absolute Gasteiger partial charge is 0.358 e. The third-order valence-corrected chi connectivity index (χ3v) is 3.73. The van der Waals surface area contributed by atoms with E-state index in [1.807, 2.05) is 0 Å². The van der Waals surface area contributed by atoms with Crippen LogP contribution in [0, 0.1) is 20.2 Å². The Morgan fingerprint density at radius 1 is 1.20 bits per heavy atom. The number of halogens is 1. The molecule has 0 fully saturated rings. The first-order valence-corrected chi connectivity index (χ1v) is 6.59. The van der Waals surface area contributed by atoms with Crippen LogP contribution in [0.15, 0.2) is 29.2 Å². The highest BCUT2D eigenvalue weighted by Gasteiger charge is 2.31. The highest BCUT2D eigenvalue weighted by molar-refractivity contribution is 7.98. The second-order valence-electron chi connectivity index (χ2n) is 3.65. The molecule has 1 N–H and O–H groups in total. The Balaban J connectivity index is 2.23. The Morgan fingerprint density at radius 2 is 1.85 bits per heavy atom. The van der Waals surface area contributed by atoms with E-state index in [1.54, 1.807) is 24.3 Å². The normalized spacial score (nSPS) is 10.4. The van der Waals surface area contributed by atoms with E-state index in [4.69, 9.17) is 11.6 Å². The second-order valence-corrected chi connectivity index (χ2v) is 5.08. The molecule has 10 heteroatoms. The quantitative estimate of drug-likeness (QED) is 0.515. The summed E-state index contributed by atoms with van der Waals surface area (Å²) in [6.07, 6.45) is 0. The zero-order valence-corrected chi connectivity index (χ0v) is 11.3. The van der Waals surface area contributed by atoms with Crippen molar-refractivity contribution in [3.8, 4) is 0 Å². The summed E-state index contributed by atoms with van der Waals surface area (Å²) in [7, 11) is 0. The van der Waals surface area contributed by atoms with Crippen LogP contribution >= 0.6 is 23.4 Å². The average molecular weight is 315 g/mol. The summed E-state index contributed by atoms with van der Waals surface area (Å²) < 4.78 is 0. The Hall–Kier alpha value is -2.13. The van der Waals surface area contributed by atoms with Crippen molar-refractivity contribution in [3.05, 3.63) is 55.1 Å².